The van der Waals surface area contributed by atoms with Crippen LogP contribution in [0.5, 0.6) is 0 Å². The molecule has 1 N–H and O–H groups in total. The van der Waals surface area contributed by atoms with Gasteiger partial charge < -0.3 is 9.40 Å². The van der Waals surface area contributed by atoms with Crippen LogP contribution in [-0.2, 0) is 0 Å². The third-order valence-corrected chi connectivity index (χ3v) is 3.27. The Kier molecular flexibility index (Phi) is 1.94. The van der Waals surface area contributed by atoms with Gasteiger partial charge in [-0.15, -0.1) is 11.3 Å². The summed E-state index contributed by atoms with van der Waals surface area (Å²) in [5, 5.41) is 2.49. The third-order valence-electron chi connectivity index (χ3n) is 2.38. The average Bonchev–Trinajstić information content (AvgIpc) is 2.84. The van der Waals surface area contributed by atoms with E-state index >= 15 is 0 Å². The molecule has 0 amide bonds. The number of thiophene rings is 1. The molecular weight excluding hydrogens is 224 g/mol. The quantitative estimate of drug-likeness (QED) is 0.701. The van der Waals surface area contributed by atoms with Gasteiger partial charge in [-0.05, 0) is 19.1 Å². The number of aromatic nitrogens is 2. The molecule has 0 bridgehead atoms. The van der Waals surface area contributed by atoms with Crippen LogP contribution in [0.3, 0.4) is 0 Å². The summed E-state index contributed by atoms with van der Waals surface area (Å²) in [7, 11) is 0. The normalized spacial score (nSPS) is 11.1. The van der Waals surface area contributed by atoms with E-state index in [0.29, 0.717) is 11.1 Å². The van der Waals surface area contributed by atoms with Gasteiger partial charge in [0, 0.05) is 10.9 Å². The molecule has 0 aliphatic carbocycles. The van der Waals surface area contributed by atoms with Gasteiger partial charge in [0.05, 0.1) is 11.7 Å². The van der Waals surface area contributed by atoms with E-state index in [1.165, 1.54) is 17.7 Å². The summed E-state index contributed by atoms with van der Waals surface area (Å²) >= 11 is 1.44. The second-order valence-corrected chi connectivity index (χ2v) is 4.33. The van der Waals surface area contributed by atoms with E-state index in [-0.39, 0.29) is 5.56 Å². The molecule has 0 aliphatic heterocycles. The van der Waals surface area contributed by atoms with Gasteiger partial charge in [-0.3, -0.25) is 4.79 Å². The van der Waals surface area contributed by atoms with Gasteiger partial charge in [-0.1, -0.05) is 0 Å². The van der Waals surface area contributed by atoms with E-state index in [9.17, 15) is 4.79 Å². The van der Waals surface area contributed by atoms with Gasteiger partial charge in [0.2, 0.25) is 0 Å². The average molecular weight is 232 g/mol. The van der Waals surface area contributed by atoms with Gasteiger partial charge in [0.15, 0.2) is 0 Å². The van der Waals surface area contributed by atoms with Crippen molar-refractivity contribution < 1.29 is 4.42 Å². The number of hydrogen-bond acceptors (Lipinski definition) is 4. The fourth-order valence-electron chi connectivity index (χ4n) is 1.64. The molecular formula is C11H8N2O2S. The molecule has 3 rings (SSSR count). The van der Waals surface area contributed by atoms with Crippen LogP contribution in [0.1, 0.15) is 5.76 Å². The summed E-state index contributed by atoms with van der Waals surface area (Å²) in [4.78, 5) is 19.1. The van der Waals surface area contributed by atoms with Crippen molar-refractivity contribution in [2.45, 2.75) is 6.92 Å². The molecule has 0 aliphatic rings. The number of nitrogens with one attached hydrogen (secondary N) is 1. The molecule has 0 saturated heterocycles. The van der Waals surface area contributed by atoms with Crippen molar-refractivity contribution in [1.29, 1.82) is 0 Å². The fourth-order valence-corrected chi connectivity index (χ4v) is 2.54. The lowest BCUT2D eigenvalue weighted by Gasteiger charge is -1.93. The Morgan fingerprint density at radius 3 is 3.06 bits per heavy atom. The number of fused-ring (bicyclic) bond motifs is 1. The summed E-state index contributed by atoms with van der Waals surface area (Å²) in [6, 6.07) is 3.74. The van der Waals surface area contributed by atoms with Crippen LogP contribution in [0.25, 0.3) is 21.5 Å². The topological polar surface area (TPSA) is 58.9 Å². The van der Waals surface area contributed by atoms with Gasteiger partial charge in [-0.2, -0.15) is 0 Å². The molecule has 0 unspecified atom stereocenters. The van der Waals surface area contributed by atoms with E-state index in [2.05, 4.69) is 9.97 Å². The van der Waals surface area contributed by atoms with Crippen LogP contribution in [0.15, 0.2) is 33.1 Å². The monoisotopic (exact) mass is 232 g/mol. The molecule has 4 nitrogen and oxygen atoms in total. The van der Waals surface area contributed by atoms with Crippen molar-refractivity contribution in [2.75, 3.05) is 0 Å². The van der Waals surface area contributed by atoms with Crippen LogP contribution >= 0.6 is 11.3 Å². The molecule has 3 aromatic rings. The molecule has 16 heavy (non-hydrogen) atoms. The number of aryl methyl sites for hydroxylation is 1. The summed E-state index contributed by atoms with van der Waals surface area (Å²) in [6.07, 6.45) is 1.42. The van der Waals surface area contributed by atoms with Crippen molar-refractivity contribution >= 4 is 21.6 Å². The summed E-state index contributed by atoms with van der Waals surface area (Å²) < 4.78 is 5.52. The summed E-state index contributed by atoms with van der Waals surface area (Å²) in [6.45, 7) is 1.88. The molecule has 0 fully saturated rings. The standard InChI is InChI=1S/C11H8N2O2S/c1-6-2-3-8(15-6)7-4-16-11-9(7)10(14)12-5-13-11/h2-5H,1H3,(H,12,13,14). The Balaban J connectivity index is 2.37. The van der Waals surface area contributed by atoms with Gasteiger partial charge >= 0.3 is 0 Å². The minimum absolute atomic E-state index is 0.129. The highest BCUT2D eigenvalue weighted by atomic mass is 32.1. The Bertz CT molecular complexity index is 708. The number of rotatable bonds is 1. The molecule has 0 radical (unpaired) electrons. The number of hydrogen-bond donors (Lipinski definition) is 1. The van der Waals surface area contributed by atoms with E-state index in [1.54, 1.807) is 0 Å². The van der Waals surface area contributed by atoms with Gasteiger partial charge in [-0.25, -0.2) is 4.98 Å². The van der Waals surface area contributed by atoms with E-state index in [0.717, 1.165) is 16.2 Å². The van der Waals surface area contributed by atoms with Crippen LogP contribution in [0, 0.1) is 6.92 Å². The molecule has 0 aromatic carbocycles. The molecule has 3 aromatic heterocycles. The summed E-state index contributed by atoms with van der Waals surface area (Å²) in [5.74, 6) is 1.54. The largest absolute Gasteiger partial charge is 0.461 e. The minimum Gasteiger partial charge on any atom is -0.461 e. The molecule has 0 saturated carbocycles. The predicted molar refractivity (Wildman–Crippen MR) is 62.7 cm³/mol. The van der Waals surface area contributed by atoms with E-state index < -0.39 is 0 Å². The molecule has 3 heterocycles. The predicted octanol–water partition coefficient (Wildman–Crippen LogP) is 2.55. The highest BCUT2D eigenvalue weighted by Gasteiger charge is 2.13. The first kappa shape index (κ1) is 9.35. The third kappa shape index (κ3) is 1.29. The number of furan rings is 1. The fraction of sp³-hybridized carbons (Fsp3) is 0.0909. The Morgan fingerprint density at radius 2 is 2.31 bits per heavy atom. The highest BCUT2D eigenvalue weighted by Crippen LogP contribution is 2.31. The zero-order valence-electron chi connectivity index (χ0n) is 8.48. The van der Waals surface area contributed by atoms with Crippen molar-refractivity contribution in [3.05, 3.63) is 40.0 Å². The van der Waals surface area contributed by atoms with Gasteiger partial charge in [0.1, 0.15) is 16.4 Å². The molecule has 5 heteroatoms. The molecule has 0 atom stereocenters. The lowest BCUT2D eigenvalue weighted by atomic mass is 10.2. The lowest BCUT2D eigenvalue weighted by Crippen LogP contribution is -2.05. The van der Waals surface area contributed by atoms with Crippen molar-refractivity contribution in [3.8, 4) is 11.3 Å². The zero-order valence-corrected chi connectivity index (χ0v) is 9.30. The maximum Gasteiger partial charge on any atom is 0.260 e. The number of nitrogens with zero attached hydrogens (tertiary/aromatic N) is 1. The Labute approximate surface area is 94.6 Å². The van der Waals surface area contributed by atoms with Crippen molar-refractivity contribution in [3.63, 3.8) is 0 Å². The first-order valence-electron chi connectivity index (χ1n) is 4.77. The van der Waals surface area contributed by atoms with Gasteiger partial charge in [0.25, 0.3) is 5.56 Å². The zero-order chi connectivity index (χ0) is 11.1. The SMILES string of the molecule is Cc1ccc(-c2csc3nc[nH]c(=O)c23)o1. The second kappa shape index (κ2) is 3.31. The first-order chi connectivity index (χ1) is 7.75. The van der Waals surface area contributed by atoms with Crippen LogP contribution in [0.4, 0.5) is 0 Å². The Morgan fingerprint density at radius 1 is 1.44 bits per heavy atom. The number of aromatic amines is 1. The minimum atomic E-state index is -0.129. The maximum atomic E-state index is 11.7. The maximum absolute atomic E-state index is 11.7. The highest BCUT2D eigenvalue weighted by molar-refractivity contribution is 7.17. The van der Waals surface area contributed by atoms with Crippen LogP contribution in [0.2, 0.25) is 0 Å². The summed E-state index contributed by atoms with van der Waals surface area (Å²) in [5.41, 5.74) is 0.678. The second-order valence-electron chi connectivity index (χ2n) is 3.47. The number of H-pyrrole nitrogens is 1. The smallest absolute Gasteiger partial charge is 0.260 e. The molecule has 80 valence electrons. The van der Waals surface area contributed by atoms with Crippen molar-refractivity contribution in [1.82, 2.24) is 9.97 Å². The van der Waals surface area contributed by atoms with Crippen LogP contribution in [-0.4, -0.2) is 9.97 Å². The first-order valence-corrected chi connectivity index (χ1v) is 5.65. The lowest BCUT2D eigenvalue weighted by molar-refractivity contribution is 0.549. The van der Waals surface area contributed by atoms with Crippen molar-refractivity contribution in [2.24, 2.45) is 0 Å². The van der Waals surface area contributed by atoms with E-state index in [1.807, 2.05) is 24.4 Å². The molecule has 0 spiro atoms. The van der Waals surface area contributed by atoms with E-state index in [4.69, 9.17) is 4.42 Å². The van der Waals surface area contributed by atoms with Crippen LogP contribution < -0.4 is 5.56 Å². The Hall–Kier alpha value is -1.88.